The number of anilines is 1. The molecule has 2 N–H and O–H groups in total. The van der Waals surface area contributed by atoms with Gasteiger partial charge < -0.3 is 19.8 Å². The summed E-state index contributed by atoms with van der Waals surface area (Å²) in [6.45, 7) is 1.57. The Labute approximate surface area is 175 Å². The van der Waals surface area contributed by atoms with E-state index in [1.165, 1.54) is 37.6 Å². The van der Waals surface area contributed by atoms with Crippen LogP contribution >= 0.6 is 23.2 Å². The van der Waals surface area contributed by atoms with E-state index in [1.807, 2.05) is 0 Å². The van der Waals surface area contributed by atoms with Gasteiger partial charge in [0.2, 0.25) is 0 Å². The van der Waals surface area contributed by atoms with Crippen LogP contribution < -0.4 is 20.3 Å². The molecule has 0 radical (unpaired) electrons. The summed E-state index contributed by atoms with van der Waals surface area (Å²) in [4.78, 5) is 27.1. The highest BCUT2D eigenvalue weighted by atomic mass is 35.5. The van der Waals surface area contributed by atoms with Gasteiger partial charge in [0.05, 0.1) is 28.4 Å². The number of aromatic amines is 1. The van der Waals surface area contributed by atoms with Crippen molar-refractivity contribution >= 4 is 34.8 Å². The highest BCUT2D eigenvalue weighted by molar-refractivity contribution is 6.42. The van der Waals surface area contributed by atoms with Crippen molar-refractivity contribution in [2.24, 2.45) is 0 Å². The van der Waals surface area contributed by atoms with Crippen molar-refractivity contribution in [2.75, 3.05) is 12.4 Å². The molecule has 0 spiro atoms. The molecule has 1 amide bonds. The fourth-order valence-electron chi connectivity index (χ4n) is 2.52. The molecular formula is C20H15Cl2FN2O4. The number of rotatable bonds is 5. The third kappa shape index (κ3) is 4.52. The Morgan fingerprint density at radius 1 is 1.07 bits per heavy atom. The first-order chi connectivity index (χ1) is 13.8. The number of nitrogens with one attached hydrogen (secondary N) is 2. The number of hydrogen-bond acceptors (Lipinski definition) is 4. The van der Waals surface area contributed by atoms with E-state index in [1.54, 1.807) is 13.0 Å². The largest absolute Gasteiger partial charge is 0.493 e. The quantitative estimate of drug-likeness (QED) is 0.576. The van der Waals surface area contributed by atoms with Crippen LogP contribution in [0.2, 0.25) is 10.0 Å². The minimum absolute atomic E-state index is 0.0606. The van der Waals surface area contributed by atoms with Gasteiger partial charge in [0.15, 0.2) is 11.5 Å². The molecule has 0 unspecified atom stereocenters. The number of methoxy groups -OCH3 is 1. The molecule has 0 aliphatic heterocycles. The molecule has 2 aromatic carbocycles. The molecule has 0 aliphatic carbocycles. The fourth-order valence-corrected chi connectivity index (χ4v) is 2.83. The highest BCUT2D eigenvalue weighted by Crippen LogP contribution is 2.37. The van der Waals surface area contributed by atoms with Crippen molar-refractivity contribution in [3.63, 3.8) is 0 Å². The Bertz CT molecular complexity index is 1150. The fraction of sp³-hybridized carbons (Fsp3) is 0.100. The van der Waals surface area contributed by atoms with Gasteiger partial charge >= 0.3 is 0 Å². The number of carbonyl (C=O) groups excluding carboxylic acids is 1. The Kier molecular flexibility index (Phi) is 6.10. The zero-order valence-electron chi connectivity index (χ0n) is 15.3. The Balaban J connectivity index is 2.01. The summed E-state index contributed by atoms with van der Waals surface area (Å²) >= 11 is 12.2. The van der Waals surface area contributed by atoms with E-state index in [4.69, 9.17) is 32.7 Å². The molecule has 0 fully saturated rings. The van der Waals surface area contributed by atoms with Crippen molar-refractivity contribution in [3.05, 3.63) is 79.9 Å². The number of pyridine rings is 1. The van der Waals surface area contributed by atoms with Crippen molar-refractivity contribution in [1.82, 2.24) is 4.98 Å². The second-order valence-electron chi connectivity index (χ2n) is 5.96. The normalized spacial score (nSPS) is 10.5. The first-order valence-corrected chi connectivity index (χ1v) is 9.06. The van der Waals surface area contributed by atoms with Crippen molar-refractivity contribution < 1.29 is 18.7 Å². The van der Waals surface area contributed by atoms with Gasteiger partial charge in [-0.3, -0.25) is 9.59 Å². The zero-order chi connectivity index (χ0) is 21.1. The molecule has 0 saturated heterocycles. The molecule has 29 heavy (non-hydrogen) atoms. The molecule has 3 rings (SSSR count). The predicted molar refractivity (Wildman–Crippen MR) is 109 cm³/mol. The maximum atomic E-state index is 13.4. The van der Waals surface area contributed by atoms with E-state index < -0.39 is 11.7 Å². The Hall–Kier alpha value is -3.03. The number of ether oxygens (including phenoxy) is 2. The Morgan fingerprint density at radius 3 is 2.52 bits per heavy atom. The Morgan fingerprint density at radius 2 is 1.79 bits per heavy atom. The second-order valence-corrected chi connectivity index (χ2v) is 6.77. The lowest BCUT2D eigenvalue weighted by atomic mass is 10.1. The second kappa shape index (κ2) is 8.55. The van der Waals surface area contributed by atoms with Crippen LogP contribution in [0.1, 0.15) is 15.9 Å². The topological polar surface area (TPSA) is 80.4 Å². The smallest absolute Gasteiger partial charge is 0.259 e. The standard InChI is InChI=1S/C20H15Cl2FN2O4/c1-10-15(5-6-24-19(10)26)25-20(27)12-8-13(21)14(22)9-17(12)29-16-4-3-11(23)7-18(16)28-2/h3-9H,1-2H3,(H2,24,25,26,27). The molecule has 0 aliphatic rings. The first kappa shape index (κ1) is 20.7. The first-order valence-electron chi connectivity index (χ1n) is 8.30. The van der Waals surface area contributed by atoms with Gasteiger partial charge in [-0.15, -0.1) is 0 Å². The van der Waals surface area contributed by atoms with E-state index >= 15 is 0 Å². The van der Waals surface area contributed by atoms with Crippen LogP contribution in [0, 0.1) is 12.7 Å². The summed E-state index contributed by atoms with van der Waals surface area (Å²) in [5.74, 6) is -0.703. The predicted octanol–water partition coefficient (Wildman–Crippen LogP) is 5.18. The lowest BCUT2D eigenvalue weighted by Gasteiger charge is -2.15. The summed E-state index contributed by atoms with van der Waals surface area (Å²) in [6.07, 6.45) is 1.42. The van der Waals surface area contributed by atoms with Crippen LogP contribution in [0.3, 0.4) is 0 Å². The maximum absolute atomic E-state index is 13.4. The van der Waals surface area contributed by atoms with Crippen LogP contribution in [0.25, 0.3) is 0 Å². The third-order valence-corrected chi connectivity index (χ3v) is 4.79. The summed E-state index contributed by atoms with van der Waals surface area (Å²) in [5.41, 5.74) is 0.397. The molecule has 150 valence electrons. The van der Waals surface area contributed by atoms with Crippen molar-refractivity contribution in [2.45, 2.75) is 6.92 Å². The molecule has 1 heterocycles. The lowest BCUT2D eigenvalue weighted by molar-refractivity contribution is 0.102. The summed E-state index contributed by atoms with van der Waals surface area (Å²) in [6, 6.07) is 7.95. The lowest BCUT2D eigenvalue weighted by Crippen LogP contribution is -2.18. The van der Waals surface area contributed by atoms with Crippen molar-refractivity contribution in [1.29, 1.82) is 0 Å². The SMILES string of the molecule is COc1cc(F)ccc1Oc1cc(Cl)c(Cl)cc1C(=O)Nc1cc[nH]c(=O)c1C. The molecule has 0 saturated carbocycles. The summed E-state index contributed by atoms with van der Waals surface area (Å²) < 4.78 is 24.3. The molecule has 3 aromatic rings. The minimum Gasteiger partial charge on any atom is -0.493 e. The third-order valence-electron chi connectivity index (χ3n) is 4.07. The average molecular weight is 437 g/mol. The van der Waals surface area contributed by atoms with Crippen LogP contribution in [0.4, 0.5) is 10.1 Å². The molecule has 9 heteroatoms. The zero-order valence-corrected chi connectivity index (χ0v) is 16.8. The number of amides is 1. The molecule has 6 nitrogen and oxygen atoms in total. The number of carbonyl (C=O) groups is 1. The molecular weight excluding hydrogens is 422 g/mol. The molecule has 0 atom stereocenters. The van der Waals surface area contributed by atoms with E-state index in [2.05, 4.69) is 10.3 Å². The van der Waals surface area contributed by atoms with Gasteiger partial charge in [0.1, 0.15) is 11.6 Å². The number of H-pyrrole nitrogens is 1. The summed E-state index contributed by atoms with van der Waals surface area (Å²) in [7, 11) is 1.36. The van der Waals surface area contributed by atoms with Gasteiger partial charge in [-0.2, -0.15) is 0 Å². The van der Waals surface area contributed by atoms with Gasteiger partial charge in [-0.1, -0.05) is 23.2 Å². The van der Waals surface area contributed by atoms with Crippen molar-refractivity contribution in [3.8, 4) is 17.2 Å². The van der Waals surface area contributed by atoms with Crippen LogP contribution in [-0.4, -0.2) is 18.0 Å². The van der Waals surface area contributed by atoms with Crippen LogP contribution in [0.15, 0.2) is 47.4 Å². The van der Waals surface area contributed by atoms with Gasteiger partial charge in [0.25, 0.3) is 11.5 Å². The summed E-state index contributed by atoms with van der Waals surface area (Å²) in [5, 5.41) is 2.94. The molecule has 1 aromatic heterocycles. The number of hydrogen-bond donors (Lipinski definition) is 2. The van der Waals surface area contributed by atoms with E-state index in [9.17, 15) is 14.0 Å². The van der Waals surface area contributed by atoms with Crippen LogP contribution in [-0.2, 0) is 0 Å². The van der Waals surface area contributed by atoms with E-state index in [-0.39, 0.29) is 38.4 Å². The monoisotopic (exact) mass is 436 g/mol. The maximum Gasteiger partial charge on any atom is 0.259 e. The van der Waals surface area contributed by atoms with Gasteiger partial charge in [0, 0.05) is 23.9 Å². The number of benzene rings is 2. The van der Waals surface area contributed by atoms with Crippen LogP contribution in [0.5, 0.6) is 17.2 Å². The average Bonchev–Trinajstić information content (AvgIpc) is 2.69. The molecule has 0 bridgehead atoms. The number of aromatic nitrogens is 1. The number of halogens is 3. The van der Waals surface area contributed by atoms with Gasteiger partial charge in [-0.05, 0) is 31.2 Å². The highest BCUT2D eigenvalue weighted by Gasteiger charge is 2.19. The minimum atomic E-state index is -0.576. The van der Waals surface area contributed by atoms with Gasteiger partial charge in [-0.25, -0.2) is 4.39 Å². The van der Waals surface area contributed by atoms with E-state index in [0.29, 0.717) is 11.3 Å². The van der Waals surface area contributed by atoms with E-state index in [0.717, 1.165) is 6.07 Å².